The van der Waals surface area contributed by atoms with Gasteiger partial charge in [-0.15, -0.1) is 0 Å². The highest BCUT2D eigenvalue weighted by atomic mass is 16.4. The van der Waals surface area contributed by atoms with E-state index in [-0.39, 0.29) is 172 Å². The van der Waals surface area contributed by atoms with E-state index < -0.39 is 149 Å². The Kier molecular flexibility index (Phi) is 21.2. The third kappa shape index (κ3) is 18.0. The second-order valence-electron chi connectivity index (χ2n) is 22.2. The lowest BCUT2D eigenvalue weighted by atomic mass is 9.82. The molecule has 0 fully saturated rings. The van der Waals surface area contributed by atoms with Crippen molar-refractivity contribution < 1.29 is 119 Å². The first-order valence-electron chi connectivity index (χ1n) is 27.8. The summed E-state index contributed by atoms with van der Waals surface area (Å²) in [5.41, 5.74) is 2.37. The Balaban J connectivity index is 1.63. The second kappa shape index (κ2) is 28.6. The van der Waals surface area contributed by atoms with E-state index in [1.54, 1.807) is 0 Å². The van der Waals surface area contributed by atoms with Crippen LogP contribution in [0, 0.1) is 0 Å². The highest BCUT2D eigenvalue weighted by molar-refractivity contribution is 5.80. The number of carboxylic acid groups (broad SMARTS) is 12. The topological polar surface area (TPSA) is 448 Å². The van der Waals surface area contributed by atoms with Crippen LogP contribution in [0.15, 0.2) is 72.8 Å². The maximum absolute atomic E-state index is 12.7. The number of hydrogen-bond acceptors (Lipinski definition) is 12. The van der Waals surface area contributed by atoms with Crippen LogP contribution in [0.4, 0.5) is 0 Å². The molecule has 0 amide bonds. The molecule has 24 heteroatoms. The summed E-state index contributed by atoms with van der Waals surface area (Å²) < 4.78 is 0. The Bertz CT molecular complexity index is 3100. The van der Waals surface area contributed by atoms with Gasteiger partial charge in [-0.3, -0.25) is 57.5 Å². The molecular weight excluding hydrogens is 1180 g/mol. The van der Waals surface area contributed by atoms with Crippen LogP contribution >= 0.6 is 0 Å². The lowest BCUT2D eigenvalue weighted by Crippen LogP contribution is -2.15. The molecule has 90 heavy (non-hydrogen) atoms. The average molecular weight is 1240 g/mol. The Morgan fingerprint density at radius 1 is 0.167 bits per heavy atom. The van der Waals surface area contributed by atoms with E-state index >= 15 is 0 Å². The predicted molar refractivity (Wildman–Crippen MR) is 312 cm³/mol. The van der Waals surface area contributed by atoms with Crippen molar-refractivity contribution in [2.24, 2.45) is 0 Å². The first-order chi connectivity index (χ1) is 42.4. The Morgan fingerprint density at radius 3 is 0.289 bits per heavy atom. The lowest BCUT2D eigenvalue weighted by molar-refractivity contribution is -0.137. The van der Waals surface area contributed by atoms with Crippen LogP contribution in [0.5, 0.6) is 0 Å². The molecule has 6 aromatic carbocycles. The molecule has 0 aliphatic heterocycles. The number of rotatable bonds is 24. The molecule has 0 spiro atoms. The predicted octanol–water partition coefficient (Wildman–Crippen LogP) is 5.07. The van der Waals surface area contributed by atoms with Crippen molar-refractivity contribution in [3.8, 4) is 0 Å². The van der Waals surface area contributed by atoms with Crippen molar-refractivity contribution in [1.29, 1.82) is 0 Å². The summed E-state index contributed by atoms with van der Waals surface area (Å²) >= 11 is 0. The SMILES string of the molecule is O=C(O)Cc1cc2c(CC(=O)O)cc1Cc1cc(CC(=O)O)c(cc1CC(=O)O)Cc1cc(CC(=O)O)c(cc1CC(=O)O)Cc1cc(CC(=O)O)c(cc1CC(=O)O)Cc1cc(CC(=O)O)c(cc1CC(=O)O)Cc1cc(CC(=O)O)c(cc1CC(=O)O)C2. The minimum absolute atomic E-state index is 0.0542. The number of aliphatic carboxylic acids is 12. The number of hydrogen-bond donors (Lipinski definition) is 12. The maximum atomic E-state index is 12.7. The average Bonchev–Trinajstić information content (AvgIpc) is 0.962. The van der Waals surface area contributed by atoms with Gasteiger partial charge in [-0.25, -0.2) is 0 Å². The summed E-state index contributed by atoms with van der Waals surface area (Å²) in [5, 5.41) is 124. The molecule has 468 valence electrons. The summed E-state index contributed by atoms with van der Waals surface area (Å²) in [5.74, 6) is -16.6. The van der Waals surface area contributed by atoms with Gasteiger partial charge < -0.3 is 61.3 Å². The van der Waals surface area contributed by atoms with Gasteiger partial charge in [0.05, 0.1) is 77.0 Å². The van der Waals surface area contributed by atoms with E-state index in [0.717, 1.165) is 0 Å². The van der Waals surface area contributed by atoms with Crippen molar-refractivity contribution in [2.75, 3.05) is 0 Å². The minimum Gasteiger partial charge on any atom is -0.481 e. The fraction of sp³-hybridized carbons (Fsp3) is 0.273. The number of benzene rings is 6. The van der Waals surface area contributed by atoms with E-state index in [1.165, 1.54) is 72.8 Å². The van der Waals surface area contributed by atoms with Gasteiger partial charge in [0.15, 0.2) is 0 Å². The van der Waals surface area contributed by atoms with Gasteiger partial charge in [-0.2, -0.15) is 0 Å². The second-order valence-corrected chi connectivity index (χ2v) is 22.2. The Hall–Kier alpha value is -11.0. The Labute approximate surface area is 510 Å². The third-order valence-corrected chi connectivity index (χ3v) is 15.5. The van der Waals surface area contributed by atoms with Gasteiger partial charge in [-0.05, 0) is 172 Å². The van der Waals surface area contributed by atoms with Crippen LogP contribution in [0.1, 0.15) is 134 Å². The molecule has 12 bridgehead atoms. The standard InChI is InChI=1S/C66H60O24/c67-55(68)19-43-9-33-2-35-11-49(25-61(79)80)37(13-47(35)23-59(75)76)4-39-15-53(29-65(87)88)41(17-51(39)27-63(83)84)6-42-18-52(28-64(85)86)40(16-54(42)30-66(89)90)5-38-14-48(24-60(77)78)36(12-50(38)26-62(81)82)3-34-10-44(20-56(69)70)32(8-46(34)22-58(73)74)1-31(43)7-45(33)21-57(71)72/h7-18H,1-6,19-30H2,(H,67,68)(H,69,70)(H,71,72)(H,73,74)(H,75,76)(H,77,78)(H,79,80)(H,81,82)(H,83,84)(H,85,86)(H,87,88)(H,89,90). The molecule has 16 aliphatic carbocycles. The highest BCUT2D eigenvalue weighted by Crippen LogP contribution is 2.35. The summed E-state index contributed by atoms with van der Waals surface area (Å²) in [4.78, 5) is 152. The monoisotopic (exact) mass is 1240 g/mol. The molecular formula is C66H60O24. The zero-order valence-corrected chi connectivity index (χ0v) is 47.9. The van der Waals surface area contributed by atoms with Gasteiger partial charge >= 0.3 is 71.6 Å². The van der Waals surface area contributed by atoms with Gasteiger partial charge in [0.25, 0.3) is 0 Å². The molecule has 0 saturated heterocycles. The van der Waals surface area contributed by atoms with Gasteiger partial charge in [0, 0.05) is 0 Å². The van der Waals surface area contributed by atoms with Crippen LogP contribution in [0.25, 0.3) is 0 Å². The zero-order chi connectivity index (χ0) is 66.0. The normalized spacial score (nSPS) is 12.0. The number of carboxylic acids is 12. The van der Waals surface area contributed by atoms with E-state index in [2.05, 4.69) is 0 Å². The van der Waals surface area contributed by atoms with Crippen molar-refractivity contribution in [3.05, 3.63) is 206 Å². The van der Waals surface area contributed by atoms with Gasteiger partial charge in [0.2, 0.25) is 0 Å². The summed E-state index contributed by atoms with van der Waals surface area (Å²) in [6.45, 7) is 0. The largest absolute Gasteiger partial charge is 0.481 e. The van der Waals surface area contributed by atoms with Crippen LogP contribution in [0.2, 0.25) is 0 Å². The fourth-order valence-electron chi connectivity index (χ4n) is 11.9. The van der Waals surface area contributed by atoms with Crippen molar-refractivity contribution in [1.82, 2.24) is 0 Å². The molecule has 16 aliphatic rings. The Morgan fingerprint density at radius 2 is 0.233 bits per heavy atom. The summed E-state index contributed by atoms with van der Waals surface area (Å²) in [7, 11) is 0. The molecule has 24 nitrogen and oxygen atoms in total. The van der Waals surface area contributed by atoms with E-state index in [4.69, 9.17) is 0 Å². The quantitative estimate of drug-likeness (QED) is 0.0376. The maximum Gasteiger partial charge on any atom is 0.307 e. The van der Waals surface area contributed by atoms with Gasteiger partial charge in [-0.1, -0.05) is 72.8 Å². The summed E-state index contributed by atoms with van der Waals surface area (Å²) in [6, 6.07) is 16.5. The van der Waals surface area contributed by atoms with Crippen molar-refractivity contribution in [3.63, 3.8) is 0 Å². The van der Waals surface area contributed by atoms with Crippen LogP contribution in [-0.4, -0.2) is 133 Å². The lowest BCUT2D eigenvalue weighted by Gasteiger charge is -2.22. The molecule has 0 saturated carbocycles. The smallest absolute Gasteiger partial charge is 0.307 e. The molecule has 12 N–H and O–H groups in total. The zero-order valence-electron chi connectivity index (χ0n) is 47.9. The summed E-state index contributed by atoms with van der Waals surface area (Å²) in [6.07, 6.45) is -10.8. The minimum atomic E-state index is -1.38. The number of carbonyl (C=O) groups is 12. The van der Waals surface area contributed by atoms with E-state index in [9.17, 15) is 119 Å². The first kappa shape index (κ1) is 66.5. The van der Waals surface area contributed by atoms with Crippen molar-refractivity contribution >= 4 is 71.6 Å². The molecule has 0 unspecified atom stereocenters. The van der Waals surface area contributed by atoms with E-state index in [1.807, 2.05) is 0 Å². The molecule has 22 rings (SSSR count). The first-order valence-corrected chi connectivity index (χ1v) is 27.8. The molecule has 0 heterocycles. The van der Waals surface area contributed by atoms with E-state index in [0.29, 0.717) is 0 Å². The van der Waals surface area contributed by atoms with Crippen LogP contribution in [0.3, 0.4) is 0 Å². The van der Waals surface area contributed by atoms with Gasteiger partial charge in [0.1, 0.15) is 0 Å². The fourth-order valence-corrected chi connectivity index (χ4v) is 11.9. The molecule has 6 aromatic rings. The van der Waals surface area contributed by atoms with Crippen LogP contribution < -0.4 is 0 Å². The third-order valence-electron chi connectivity index (χ3n) is 15.5. The highest BCUT2D eigenvalue weighted by Gasteiger charge is 2.27. The van der Waals surface area contributed by atoms with Crippen molar-refractivity contribution in [2.45, 2.75) is 116 Å². The molecule has 0 radical (unpaired) electrons. The van der Waals surface area contributed by atoms with Crippen LogP contribution in [-0.2, 0) is 173 Å². The molecule has 0 aromatic heterocycles. The molecule has 0 atom stereocenters.